The SMILES string of the molecule is O=C(CC(=O)N/N=C/c1ccc(OCC(=O)NC2CCCCC2)cc1)NCc1ccccc1. The van der Waals surface area contributed by atoms with E-state index >= 15 is 0 Å². The van der Waals surface area contributed by atoms with E-state index in [2.05, 4.69) is 21.2 Å². The van der Waals surface area contributed by atoms with Gasteiger partial charge in [0.15, 0.2) is 6.61 Å². The van der Waals surface area contributed by atoms with Crippen LogP contribution in [0.2, 0.25) is 0 Å². The van der Waals surface area contributed by atoms with E-state index in [0.717, 1.165) is 36.8 Å². The summed E-state index contributed by atoms with van der Waals surface area (Å²) in [5.74, 6) is -0.408. The maximum absolute atomic E-state index is 12.0. The first kappa shape index (κ1) is 24.0. The number of rotatable bonds is 10. The van der Waals surface area contributed by atoms with Gasteiger partial charge in [0.1, 0.15) is 12.2 Å². The molecular formula is C25H30N4O4. The normalized spacial score (nSPS) is 13.9. The second kappa shape index (κ2) is 13.0. The van der Waals surface area contributed by atoms with Gasteiger partial charge in [0.2, 0.25) is 11.8 Å². The molecule has 0 bridgehead atoms. The predicted molar refractivity (Wildman–Crippen MR) is 126 cm³/mol. The number of nitrogens with one attached hydrogen (secondary N) is 3. The fourth-order valence-electron chi connectivity index (χ4n) is 3.54. The van der Waals surface area contributed by atoms with Crippen molar-refractivity contribution in [1.29, 1.82) is 0 Å². The number of carbonyl (C=O) groups excluding carboxylic acids is 3. The van der Waals surface area contributed by atoms with E-state index in [4.69, 9.17) is 4.74 Å². The van der Waals surface area contributed by atoms with Gasteiger partial charge in [-0.2, -0.15) is 5.10 Å². The summed E-state index contributed by atoms with van der Waals surface area (Å²) in [4.78, 5) is 35.7. The van der Waals surface area contributed by atoms with Crippen LogP contribution in [-0.2, 0) is 20.9 Å². The molecule has 0 radical (unpaired) electrons. The fourth-order valence-corrected chi connectivity index (χ4v) is 3.54. The second-order valence-corrected chi connectivity index (χ2v) is 7.99. The summed E-state index contributed by atoms with van der Waals surface area (Å²) in [5.41, 5.74) is 4.04. The maximum atomic E-state index is 12.0. The van der Waals surface area contributed by atoms with Crippen LogP contribution in [-0.4, -0.2) is 36.6 Å². The van der Waals surface area contributed by atoms with E-state index in [0.29, 0.717) is 12.3 Å². The zero-order valence-corrected chi connectivity index (χ0v) is 18.6. The Bertz CT molecular complexity index is 939. The monoisotopic (exact) mass is 450 g/mol. The van der Waals surface area contributed by atoms with Gasteiger partial charge in [-0.15, -0.1) is 0 Å². The van der Waals surface area contributed by atoms with E-state index in [1.54, 1.807) is 24.3 Å². The molecule has 1 aliphatic rings. The molecule has 0 atom stereocenters. The van der Waals surface area contributed by atoms with Crippen LogP contribution < -0.4 is 20.8 Å². The number of amides is 3. The zero-order valence-electron chi connectivity index (χ0n) is 18.6. The van der Waals surface area contributed by atoms with Crippen molar-refractivity contribution in [2.45, 2.75) is 51.1 Å². The zero-order chi connectivity index (χ0) is 23.3. The van der Waals surface area contributed by atoms with Crippen molar-refractivity contribution in [2.75, 3.05) is 6.61 Å². The maximum Gasteiger partial charge on any atom is 0.258 e. The van der Waals surface area contributed by atoms with E-state index in [-0.39, 0.29) is 30.9 Å². The Morgan fingerprint density at radius 2 is 1.64 bits per heavy atom. The minimum absolute atomic E-state index is 0.0215. The van der Waals surface area contributed by atoms with Crippen molar-refractivity contribution >= 4 is 23.9 Å². The first-order valence-corrected chi connectivity index (χ1v) is 11.2. The van der Waals surface area contributed by atoms with Gasteiger partial charge in [0, 0.05) is 12.6 Å². The van der Waals surface area contributed by atoms with Crippen LogP contribution in [0, 0.1) is 0 Å². The molecule has 8 nitrogen and oxygen atoms in total. The van der Waals surface area contributed by atoms with Crippen molar-refractivity contribution in [3.05, 3.63) is 65.7 Å². The summed E-state index contributed by atoms with van der Waals surface area (Å²) >= 11 is 0. The highest BCUT2D eigenvalue weighted by atomic mass is 16.5. The molecule has 0 aromatic heterocycles. The van der Waals surface area contributed by atoms with E-state index in [1.165, 1.54) is 12.6 Å². The third-order valence-electron chi connectivity index (χ3n) is 5.28. The van der Waals surface area contributed by atoms with E-state index in [9.17, 15) is 14.4 Å². The van der Waals surface area contributed by atoms with Crippen LogP contribution in [0.25, 0.3) is 0 Å². The molecule has 0 aliphatic heterocycles. The lowest BCUT2D eigenvalue weighted by atomic mass is 9.95. The smallest absolute Gasteiger partial charge is 0.258 e. The highest BCUT2D eigenvalue weighted by molar-refractivity contribution is 5.97. The number of hydrazone groups is 1. The van der Waals surface area contributed by atoms with Crippen LogP contribution in [0.3, 0.4) is 0 Å². The van der Waals surface area contributed by atoms with Gasteiger partial charge in [-0.3, -0.25) is 14.4 Å². The molecule has 1 aliphatic carbocycles. The quantitative estimate of drug-likeness (QED) is 0.294. The minimum atomic E-state index is -0.499. The number of hydrogen-bond acceptors (Lipinski definition) is 5. The largest absolute Gasteiger partial charge is 0.484 e. The number of ether oxygens (including phenoxy) is 1. The molecule has 3 amide bonds. The molecule has 0 heterocycles. The molecule has 3 rings (SSSR count). The molecule has 33 heavy (non-hydrogen) atoms. The molecule has 0 unspecified atom stereocenters. The third kappa shape index (κ3) is 9.14. The van der Waals surface area contributed by atoms with E-state index in [1.807, 2.05) is 30.3 Å². The van der Waals surface area contributed by atoms with Crippen LogP contribution in [0.5, 0.6) is 5.75 Å². The molecule has 0 spiro atoms. The Morgan fingerprint density at radius 1 is 0.909 bits per heavy atom. The highest BCUT2D eigenvalue weighted by Crippen LogP contribution is 2.17. The van der Waals surface area contributed by atoms with Gasteiger partial charge in [0.05, 0.1) is 6.21 Å². The molecule has 8 heteroatoms. The van der Waals surface area contributed by atoms with Gasteiger partial charge >= 0.3 is 0 Å². The number of nitrogens with zero attached hydrogens (tertiary/aromatic N) is 1. The standard InChI is InChI=1S/C25H30N4O4/c30-23(26-16-19-7-3-1-4-8-19)15-24(31)29-27-17-20-11-13-22(14-12-20)33-18-25(32)28-21-9-5-2-6-10-21/h1,3-4,7-8,11-14,17,21H,2,5-6,9-10,15-16,18H2,(H,26,30)(H,28,32)(H,29,31)/b27-17+. The topological polar surface area (TPSA) is 109 Å². The van der Waals surface area contributed by atoms with Crippen molar-refractivity contribution in [3.8, 4) is 5.75 Å². The Kier molecular flexibility index (Phi) is 9.45. The molecule has 1 saturated carbocycles. The summed E-state index contributed by atoms with van der Waals surface area (Å²) in [6.45, 7) is 0.346. The molecule has 3 N–H and O–H groups in total. The summed E-state index contributed by atoms with van der Waals surface area (Å²) in [6.07, 6.45) is 6.81. The molecule has 0 saturated heterocycles. The average Bonchev–Trinajstić information content (AvgIpc) is 2.83. The number of benzene rings is 2. The molecule has 2 aromatic carbocycles. The molecule has 1 fully saturated rings. The van der Waals surface area contributed by atoms with Crippen molar-refractivity contribution in [3.63, 3.8) is 0 Å². The van der Waals surface area contributed by atoms with Crippen molar-refractivity contribution < 1.29 is 19.1 Å². The summed E-state index contributed by atoms with van der Waals surface area (Å²) in [6, 6.07) is 16.7. The average molecular weight is 451 g/mol. The number of hydrogen-bond donors (Lipinski definition) is 3. The molecule has 174 valence electrons. The Balaban J connectivity index is 1.33. The van der Waals surface area contributed by atoms with Crippen molar-refractivity contribution in [1.82, 2.24) is 16.1 Å². The second-order valence-electron chi connectivity index (χ2n) is 7.99. The van der Waals surface area contributed by atoms with Gasteiger partial charge in [-0.25, -0.2) is 5.43 Å². The van der Waals surface area contributed by atoms with Crippen LogP contribution in [0.15, 0.2) is 59.7 Å². The van der Waals surface area contributed by atoms with E-state index < -0.39 is 5.91 Å². The van der Waals surface area contributed by atoms with Crippen molar-refractivity contribution in [2.24, 2.45) is 5.10 Å². The predicted octanol–water partition coefficient (Wildman–Crippen LogP) is 2.67. The lowest BCUT2D eigenvalue weighted by molar-refractivity contribution is -0.129. The summed E-state index contributed by atoms with van der Waals surface area (Å²) in [7, 11) is 0. The summed E-state index contributed by atoms with van der Waals surface area (Å²) < 4.78 is 5.53. The third-order valence-corrected chi connectivity index (χ3v) is 5.28. The van der Waals surface area contributed by atoms with Gasteiger partial charge < -0.3 is 15.4 Å². The Morgan fingerprint density at radius 3 is 2.36 bits per heavy atom. The van der Waals surface area contributed by atoms with Crippen LogP contribution in [0.4, 0.5) is 0 Å². The highest BCUT2D eigenvalue weighted by Gasteiger charge is 2.15. The van der Waals surface area contributed by atoms with Crippen LogP contribution in [0.1, 0.15) is 49.7 Å². The Hall–Kier alpha value is -3.68. The van der Waals surface area contributed by atoms with Gasteiger partial charge in [-0.1, -0.05) is 49.6 Å². The lowest BCUT2D eigenvalue weighted by Gasteiger charge is -2.22. The van der Waals surface area contributed by atoms with Gasteiger partial charge in [0.25, 0.3) is 5.91 Å². The lowest BCUT2D eigenvalue weighted by Crippen LogP contribution is -2.38. The Labute approximate surface area is 193 Å². The first-order valence-electron chi connectivity index (χ1n) is 11.2. The molecule has 2 aromatic rings. The van der Waals surface area contributed by atoms with Crippen LogP contribution >= 0.6 is 0 Å². The minimum Gasteiger partial charge on any atom is -0.484 e. The molecular weight excluding hydrogens is 420 g/mol. The fraction of sp³-hybridized carbons (Fsp3) is 0.360. The summed E-state index contributed by atoms with van der Waals surface area (Å²) in [5, 5.41) is 9.58. The van der Waals surface area contributed by atoms with Gasteiger partial charge in [-0.05, 0) is 48.2 Å². The number of carbonyl (C=O) groups is 3. The first-order chi connectivity index (χ1) is 16.1.